The number of halogens is 1. The molecule has 0 aliphatic heterocycles. The van der Waals surface area contributed by atoms with E-state index < -0.39 is 28.6 Å². The van der Waals surface area contributed by atoms with Crippen molar-refractivity contribution in [1.82, 2.24) is 0 Å². The van der Waals surface area contributed by atoms with Crippen molar-refractivity contribution in [3.63, 3.8) is 0 Å². The van der Waals surface area contributed by atoms with Crippen molar-refractivity contribution in [2.24, 2.45) is 5.73 Å². The molecule has 0 saturated carbocycles. The van der Waals surface area contributed by atoms with E-state index in [1.807, 2.05) is 0 Å². The van der Waals surface area contributed by atoms with Crippen molar-refractivity contribution in [2.75, 3.05) is 6.61 Å². The van der Waals surface area contributed by atoms with Gasteiger partial charge in [0.05, 0.1) is 10.9 Å². The first kappa shape index (κ1) is 19.7. The average molecular weight is 364 g/mol. The van der Waals surface area contributed by atoms with Crippen LogP contribution in [0.25, 0.3) is 0 Å². The third-order valence-electron chi connectivity index (χ3n) is 3.34. The number of carbonyl (C=O) groups excluding carboxylic acids is 2. The second kappa shape index (κ2) is 7.98. The van der Waals surface area contributed by atoms with E-state index in [4.69, 9.17) is 27.0 Å². The highest BCUT2D eigenvalue weighted by Crippen LogP contribution is 2.25. The molecule has 0 saturated heterocycles. The number of aliphatic hydroxyl groups excluding tert-OH is 1. The number of rotatable bonds is 8. The maximum absolute atomic E-state index is 11.9. The molecule has 23 heavy (non-hydrogen) atoms. The van der Waals surface area contributed by atoms with Crippen LogP contribution >= 0.6 is 11.6 Å². The van der Waals surface area contributed by atoms with Gasteiger partial charge < -0.3 is 10.8 Å². The largest absolute Gasteiger partial charge is 0.389 e. The molecular weight excluding hydrogens is 346 g/mol. The molecule has 1 aromatic carbocycles. The minimum atomic E-state index is -4.44. The monoisotopic (exact) mass is 363 g/mol. The molecular formula is C14H18ClNO6S. The van der Waals surface area contributed by atoms with Crippen LogP contribution in [0.5, 0.6) is 0 Å². The molecule has 0 fully saturated rings. The fourth-order valence-corrected chi connectivity index (χ4v) is 3.08. The summed E-state index contributed by atoms with van der Waals surface area (Å²) in [6, 6.07) is 1.72. The molecule has 0 bridgehead atoms. The number of benzene rings is 1. The van der Waals surface area contributed by atoms with E-state index in [0.717, 1.165) is 0 Å². The predicted octanol–water partition coefficient (Wildman–Crippen LogP) is 0.676. The van der Waals surface area contributed by atoms with E-state index in [0.29, 0.717) is 5.56 Å². The lowest BCUT2D eigenvalue weighted by Gasteiger charge is -2.10. The Morgan fingerprint density at radius 1 is 1.35 bits per heavy atom. The standard InChI is InChI=1S/C14H18ClNO6S/c1-8-11(15)5-9(6-14(8)23(20,21)22)4-10(18)2-3-12(16)13(19)7-17/h5-6,12,17H,2-4,7,16H2,1H3,(H,20,21,22)/t12-/m0/s1. The van der Waals surface area contributed by atoms with E-state index in [9.17, 15) is 18.0 Å². The van der Waals surface area contributed by atoms with Crippen molar-refractivity contribution < 1.29 is 27.7 Å². The van der Waals surface area contributed by atoms with E-state index in [2.05, 4.69) is 0 Å². The van der Waals surface area contributed by atoms with Gasteiger partial charge in [0.2, 0.25) is 0 Å². The Kier molecular flexibility index (Phi) is 6.84. The van der Waals surface area contributed by atoms with Crippen molar-refractivity contribution in [1.29, 1.82) is 0 Å². The summed E-state index contributed by atoms with van der Waals surface area (Å²) in [5.41, 5.74) is 6.03. The van der Waals surface area contributed by atoms with Gasteiger partial charge in [-0.2, -0.15) is 8.42 Å². The van der Waals surface area contributed by atoms with Crippen LogP contribution in [0, 0.1) is 6.92 Å². The Balaban J connectivity index is 2.84. The molecule has 1 rings (SSSR count). The molecule has 7 nitrogen and oxygen atoms in total. The number of nitrogens with two attached hydrogens (primary N) is 1. The first-order chi connectivity index (χ1) is 10.6. The van der Waals surface area contributed by atoms with Crippen LogP contribution in [0.3, 0.4) is 0 Å². The number of hydrogen-bond donors (Lipinski definition) is 3. The fraction of sp³-hybridized carbons (Fsp3) is 0.429. The van der Waals surface area contributed by atoms with Gasteiger partial charge in [0, 0.05) is 17.9 Å². The van der Waals surface area contributed by atoms with Gasteiger partial charge in [0.15, 0.2) is 5.78 Å². The smallest absolute Gasteiger partial charge is 0.294 e. The summed E-state index contributed by atoms with van der Waals surface area (Å²) in [6.07, 6.45) is -0.0227. The molecule has 0 aliphatic rings. The molecule has 0 aliphatic carbocycles. The molecule has 0 radical (unpaired) electrons. The molecule has 128 valence electrons. The van der Waals surface area contributed by atoms with Crippen LogP contribution in [0.15, 0.2) is 17.0 Å². The normalized spacial score (nSPS) is 12.9. The third kappa shape index (κ3) is 5.67. The minimum Gasteiger partial charge on any atom is -0.389 e. The van der Waals surface area contributed by atoms with Crippen LogP contribution in [0.1, 0.15) is 24.0 Å². The van der Waals surface area contributed by atoms with Gasteiger partial charge in [-0.05, 0) is 36.6 Å². The van der Waals surface area contributed by atoms with Crippen molar-refractivity contribution >= 4 is 33.3 Å². The molecule has 0 unspecified atom stereocenters. The molecule has 0 amide bonds. The summed E-state index contributed by atoms with van der Waals surface area (Å²) in [5, 5.41) is 8.78. The second-order valence-corrected chi connectivity index (χ2v) is 6.96. The number of aliphatic hydroxyl groups is 1. The maximum atomic E-state index is 11.9. The first-order valence-electron chi connectivity index (χ1n) is 6.73. The second-order valence-electron chi connectivity index (χ2n) is 5.16. The predicted molar refractivity (Wildman–Crippen MR) is 84.0 cm³/mol. The first-order valence-corrected chi connectivity index (χ1v) is 8.55. The van der Waals surface area contributed by atoms with E-state index in [-0.39, 0.29) is 40.5 Å². The minimum absolute atomic E-state index is 0.000386. The molecule has 0 heterocycles. The number of hydrogen-bond acceptors (Lipinski definition) is 6. The number of ketones is 2. The van der Waals surface area contributed by atoms with Gasteiger partial charge in [-0.3, -0.25) is 14.1 Å². The summed E-state index contributed by atoms with van der Waals surface area (Å²) >= 11 is 5.92. The molecule has 0 aromatic heterocycles. The van der Waals surface area contributed by atoms with Crippen LogP contribution < -0.4 is 5.73 Å². The third-order valence-corrected chi connectivity index (χ3v) is 4.71. The number of carbonyl (C=O) groups is 2. The van der Waals surface area contributed by atoms with Gasteiger partial charge in [-0.1, -0.05) is 11.6 Å². The van der Waals surface area contributed by atoms with Gasteiger partial charge >= 0.3 is 0 Å². The summed E-state index contributed by atoms with van der Waals surface area (Å²) < 4.78 is 31.8. The van der Waals surface area contributed by atoms with E-state index in [1.165, 1.54) is 19.1 Å². The van der Waals surface area contributed by atoms with Crippen molar-refractivity contribution in [3.05, 3.63) is 28.3 Å². The average Bonchev–Trinajstić information content (AvgIpc) is 2.46. The molecule has 1 atom stereocenters. The zero-order valence-electron chi connectivity index (χ0n) is 12.5. The zero-order chi connectivity index (χ0) is 17.8. The van der Waals surface area contributed by atoms with Crippen LogP contribution in [-0.2, 0) is 26.1 Å². The molecule has 4 N–H and O–H groups in total. The highest BCUT2D eigenvalue weighted by molar-refractivity contribution is 7.85. The topological polar surface area (TPSA) is 135 Å². The van der Waals surface area contributed by atoms with Gasteiger partial charge in [-0.25, -0.2) is 0 Å². The maximum Gasteiger partial charge on any atom is 0.294 e. The van der Waals surface area contributed by atoms with Gasteiger partial charge in [0.1, 0.15) is 12.4 Å². The van der Waals surface area contributed by atoms with Crippen molar-refractivity contribution in [3.8, 4) is 0 Å². The Morgan fingerprint density at radius 3 is 2.48 bits per heavy atom. The molecule has 0 spiro atoms. The SMILES string of the molecule is Cc1c(Cl)cc(CC(=O)CC[C@H](N)C(=O)CO)cc1S(=O)(=O)O. The van der Waals surface area contributed by atoms with Gasteiger partial charge in [0.25, 0.3) is 10.1 Å². The van der Waals surface area contributed by atoms with Gasteiger partial charge in [-0.15, -0.1) is 0 Å². The lowest BCUT2D eigenvalue weighted by Crippen LogP contribution is -2.33. The summed E-state index contributed by atoms with van der Waals surface area (Å²) in [6.45, 7) is 0.761. The number of Topliss-reactive ketones (excluding diaryl/α,β-unsaturated/α-hetero) is 2. The zero-order valence-corrected chi connectivity index (χ0v) is 14.0. The van der Waals surface area contributed by atoms with Crippen molar-refractivity contribution in [2.45, 2.75) is 37.1 Å². The molecule has 1 aromatic rings. The Labute approximate surface area is 139 Å². The molecule has 9 heteroatoms. The Bertz CT molecular complexity index is 716. The quantitative estimate of drug-likeness (QED) is 0.578. The van der Waals surface area contributed by atoms with Crippen LogP contribution in [0.2, 0.25) is 5.02 Å². The summed E-state index contributed by atoms with van der Waals surface area (Å²) in [5.74, 6) is -0.822. The summed E-state index contributed by atoms with van der Waals surface area (Å²) in [4.78, 5) is 22.7. The highest BCUT2D eigenvalue weighted by atomic mass is 35.5. The highest BCUT2D eigenvalue weighted by Gasteiger charge is 2.19. The van der Waals surface area contributed by atoms with Crippen LogP contribution in [0.4, 0.5) is 0 Å². The van der Waals surface area contributed by atoms with Crippen LogP contribution in [-0.4, -0.2) is 42.3 Å². The van der Waals surface area contributed by atoms with E-state index in [1.54, 1.807) is 0 Å². The summed E-state index contributed by atoms with van der Waals surface area (Å²) in [7, 11) is -4.44. The lowest BCUT2D eigenvalue weighted by atomic mass is 10.0. The lowest BCUT2D eigenvalue weighted by molar-refractivity contribution is -0.123. The Hall–Kier alpha value is -1.32. The Morgan fingerprint density at radius 2 is 1.96 bits per heavy atom. The fourth-order valence-electron chi connectivity index (χ4n) is 1.99. The van der Waals surface area contributed by atoms with E-state index >= 15 is 0 Å².